The van der Waals surface area contributed by atoms with Gasteiger partial charge in [-0.25, -0.2) is 0 Å². The second kappa shape index (κ2) is 13.9. The van der Waals surface area contributed by atoms with Gasteiger partial charge in [0.2, 0.25) is 0 Å². The molecular weight excluding hydrogens is 471 g/mol. The van der Waals surface area contributed by atoms with E-state index in [0.29, 0.717) is 19.8 Å². The van der Waals surface area contributed by atoms with Gasteiger partial charge in [-0.1, -0.05) is 48.6 Å². The normalized spacial score (nSPS) is 11.6. The van der Waals surface area contributed by atoms with E-state index in [9.17, 15) is 0 Å². The van der Waals surface area contributed by atoms with Crippen LogP contribution in [0.1, 0.15) is 16.7 Å². The summed E-state index contributed by atoms with van der Waals surface area (Å²) in [5, 5.41) is 0. The Balaban J connectivity index is 0.00000441. The zero-order valence-electron chi connectivity index (χ0n) is 13.7. The van der Waals surface area contributed by atoms with Crippen LogP contribution >= 0.6 is 0 Å². The quantitative estimate of drug-likeness (QED) is 0.491. The molecule has 1 aromatic rings. The van der Waals surface area contributed by atoms with E-state index in [1.54, 1.807) is 21.3 Å². The number of benzene rings is 1. The summed E-state index contributed by atoms with van der Waals surface area (Å²) in [6, 6.07) is 6.34. The summed E-state index contributed by atoms with van der Waals surface area (Å²) in [4.78, 5) is 0. The molecule has 0 heterocycles. The molecule has 120 valence electrons. The van der Waals surface area contributed by atoms with Crippen molar-refractivity contribution in [3.8, 4) is 0 Å². The summed E-state index contributed by atoms with van der Waals surface area (Å²) in [5.74, 6) is 0. The first kappa shape index (κ1) is 21.2. The van der Waals surface area contributed by atoms with Crippen LogP contribution in [0.5, 0.6) is 0 Å². The molecule has 3 nitrogen and oxygen atoms in total. The Bertz CT molecular complexity index is 493. The Labute approximate surface area is 153 Å². The van der Waals surface area contributed by atoms with Crippen molar-refractivity contribution in [3.05, 3.63) is 53.1 Å². The topological polar surface area (TPSA) is 27.7 Å². The maximum absolute atomic E-state index is 5.06. The number of ether oxygens (including phenoxy) is 3. The molecule has 0 saturated carbocycles. The van der Waals surface area contributed by atoms with Crippen LogP contribution in [0.4, 0.5) is 0 Å². The Kier molecular flexibility index (Phi) is 13.4. The van der Waals surface area contributed by atoms with E-state index in [1.165, 1.54) is 0 Å². The minimum absolute atomic E-state index is 0. The fourth-order valence-corrected chi connectivity index (χ4v) is 1.82. The van der Waals surface area contributed by atoms with Gasteiger partial charge >= 0.3 is 27.3 Å². The van der Waals surface area contributed by atoms with Gasteiger partial charge in [0.1, 0.15) is 0 Å². The van der Waals surface area contributed by atoms with Crippen LogP contribution in [0.3, 0.4) is 0 Å². The Hall–Kier alpha value is -0.758. The standard InChI is InChI=1S/C18H24O3.Pb.2H/c1-19-12-4-7-16-10-11-17(8-5-13-20-2)18(15-16)9-6-14-21-3;;;/h4-11,15H,12-14H2,1-3H3;;;/b7-4+,8-5+,9-6+;;;. The third kappa shape index (κ3) is 8.63. The molecule has 0 aliphatic heterocycles. The van der Waals surface area contributed by atoms with Crippen molar-refractivity contribution in [3.63, 3.8) is 0 Å². The van der Waals surface area contributed by atoms with Gasteiger partial charge in [0, 0.05) is 21.3 Å². The van der Waals surface area contributed by atoms with Gasteiger partial charge in [0.15, 0.2) is 0 Å². The van der Waals surface area contributed by atoms with Crippen LogP contribution in [0.2, 0.25) is 0 Å². The van der Waals surface area contributed by atoms with Gasteiger partial charge in [-0.2, -0.15) is 0 Å². The van der Waals surface area contributed by atoms with Gasteiger partial charge in [-0.15, -0.1) is 0 Å². The van der Waals surface area contributed by atoms with Crippen molar-refractivity contribution in [2.24, 2.45) is 0 Å². The van der Waals surface area contributed by atoms with Gasteiger partial charge in [-0.05, 0) is 22.8 Å². The summed E-state index contributed by atoms with van der Waals surface area (Å²) in [6.45, 7) is 1.83. The molecule has 0 aromatic heterocycles. The van der Waals surface area contributed by atoms with E-state index < -0.39 is 0 Å². The van der Waals surface area contributed by atoms with E-state index in [0.717, 1.165) is 16.7 Å². The van der Waals surface area contributed by atoms with E-state index in [2.05, 4.69) is 36.4 Å². The molecule has 0 aliphatic rings. The summed E-state index contributed by atoms with van der Waals surface area (Å²) >= 11 is 0. The van der Waals surface area contributed by atoms with E-state index in [-0.39, 0.29) is 27.3 Å². The number of hydrogen-bond acceptors (Lipinski definition) is 3. The summed E-state index contributed by atoms with van der Waals surface area (Å²) in [5.41, 5.74) is 3.45. The molecular formula is C18H26O3Pb. The zero-order chi connectivity index (χ0) is 15.3. The molecule has 0 aliphatic carbocycles. The first-order chi connectivity index (χ1) is 10.3. The summed E-state index contributed by atoms with van der Waals surface area (Å²) in [6.07, 6.45) is 12.2. The third-order valence-electron chi connectivity index (χ3n) is 2.80. The van der Waals surface area contributed by atoms with Gasteiger partial charge in [-0.3, -0.25) is 0 Å². The van der Waals surface area contributed by atoms with Gasteiger partial charge in [0.05, 0.1) is 19.8 Å². The first-order valence-electron chi connectivity index (χ1n) is 6.92. The summed E-state index contributed by atoms with van der Waals surface area (Å²) in [7, 11) is 5.06. The maximum atomic E-state index is 5.06. The molecule has 1 aromatic carbocycles. The molecule has 0 unspecified atom stereocenters. The molecule has 0 atom stereocenters. The van der Waals surface area contributed by atoms with Crippen LogP contribution in [-0.2, 0) is 14.2 Å². The van der Waals surface area contributed by atoms with Crippen LogP contribution in [0.15, 0.2) is 36.4 Å². The zero-order valence-corrected chi connectivity index (χ0v) is 19.2. The Morgan fingerprint density at radius 3 is 1.77 bits per heavy atom. The number of rotatable bonds is 9. The number of hydrogen-bond donors (Lipinski definition) is 0. The molecule has 0 bridgehead atoms. The molecule has 0 N–H and O–H groups in total. The first-order valence-corrected chi connectivity index (χ1v) is 6.92. The van der Waals surface area contributed by atoms with Crippen molar-refractivity contribution in [1.82, 2.24) is 0 Å². The SMILES string of the molecule is COC/C=C/c1ccc(/C=C/COC)c(/C=C/COC)c1.[PbH2]. The molecule has 4 heteroatoms. The predicted octanol–water partition coefficient (Wildman–Crippen LogP) is 2.75. The monoisotopic (exact) mass is 498 g/mol. The molecule has 0 fully saturated rings. The Morgan fingerprint density at radius 1 is 0.727 bits per heavy atom. The second-order valence-electron chi connectivity index (χ2n) is 4.46. The van der Waals surface area contributed by atoms with Crippen molar-refractivity contribution in [2.45, 2.75) is 0 Å². The predicted molar refractivity (Wildman–Crippen MR) is 97.7 cm³/mol. The molecule has 22 heavy (non-hydrogen) atoms. The van der Waals surface area contributed by atoms with Crippen LogP contribution in [-0.4, -0.2) is 68.4 Å². The molecule has 0 amide bonds. The number of methoxy groups -OCH3 is 3. The second-order valence-corrected chi connectivity index (χ2v) is 4.46. The van der Waals surface area contributed by atoms with Crippen molar-refractivity contribution in [2.75, 3.05) is 41.2 Å². The van der Waals surface area contributed by atoms with Crippen LogP contribution < -0.4 is 0 Å². The van der Waals surface area contributed by atoms with Crippen LogP contribution in [0.25, 0.3) is 18.2 Å². The molecule has 0 saturated heterocycles. The van der Waals surface area contributed by atoms with E-state index >= 15 is 0 Å². The average molecular weight is 498 g/mol. The molecule has 1 rings (SSSR count). The van der Waals surface area contributed by atoms with Crippen molar-refractivity contribution in [1.29, 1.82) is 0 Å². The van der Waals surface area contributed by atoms with E-state index in [4.69, 9.17) is 14.2 Å². The van der Waals surface area contributed by atoms with Crippen molar-refractivity contribution < 1.29 is 14.2 Å². The molecule has 2 radical (unpaired) electrons. The minimum atomic E-state index is 0. The Morgan fingerprint density at radius 2 is 1.23 bits per heavy atom. The fourth-order valence-electron chi connectivity index (χ4n) is 1.82. The fraction of sp³-hybridized carbons (Fsp3) is 0.333. The van der Waals surface area contributed by atoms with Crippen LogP contribution in [0, 0.1) is 0 Å². The molecule has 0 spiro atoms. The van der Waals surface area contributed by atoms with Gasteiger partial charge < -0.3 is 14.2 Å². The summed E-state index contributed by atoms with van der Waals surface area (Å²) < 4.78 is 15.1. The van der Waals surface area contributed by atoms with E-state index in [1.807, 2.05) is 18.2 Å². The average Bonchev–Trinajstić information content (AvgIpc) is 2.50. The third-order valence-corrected chi connectivity index (χ3v) is 2.80. The van der Waals surface area contributed by atoms with Gasteiger partial charge in [0.25, 0.3) is 0 Å². The van der Waals surface area contributed by atoms with Crippen molar-refractivity contribution >= 4 is 45.5 Å².